The number of nitrogens with zero attached hydrogens (tertiary/aromatic N) is 1. The van der Waals surface area contributed by atoms with Gasteiger partial charge in [-0.2, -0.15) is 4.31 Å². The second-order valence-electron chi connectivity index (χ2n) is 9.82. The summed E-state index contributed by atoms with van der Waals surface area (Å²) in [4.78, 5) is 24.1. The Bertz CT molecular complexity index is 1170. The molecule has 1 aliphatic rings. The number of hydrogen-bond acceptors (Lipinski definition) is 7. The van der Waals surface area contributed by atoms with Crippen LogP contribution in [0.5, 0.6) is 0 Å². The number of alkyl carbamates (subject to hydrolysis) is 1. The molecule has 3 atom stereocenters. The number of benzene rings is 2. The summed E-state index contributed by atoms with van der Waals surface area (Å²) < 4.78 is 39.2. The number of carbonyl (C=O) groups is 2. The van der Waals surface area contributed by atoms with E-state index in [0.717, 1.165) is 5.56 Å². The Hall–Kier alpha value is -2.99. The quantitative estimate of drug-likeness (QED) is 0.372. The summed E-state index contributed by atoms with van der Waals surface area (Å²) >= 11 is 0. The number of ether oxygens (including phenoxy) is 2. The Kier molecular flexibility index (Phi) is 10.7. The monoisotopic (exact) mass is 547 g/mol. The van der Waals surface area contributed by atoms with E-state index in [0.29, 0.717) is 25.3 Å². The molecule has 2 aromatic carbocycles. The minimum Gasteiger partial charge on any atom is -0.444 e. The van der Waals surface area contributed by atoms with Crippen molar-refractivity contribution in [2.75, 3.05) is 31.6 Å². The van der Waals surface area contributed by atoms with Crippen LogP contribution in [-0.2, 0) is 30.7 Å². The van der Waals surface area contributed by atoms with Crippen molar-refractivity contribution in [2.45, 2.75) is 56.8 Å². The molecule has 208 valence electrons. The first-order valence-corrected chi connectivity index (χ1v) is 14.1. The molecule has 2 aromatic rings. The predicted molar refractivity (Wildman–Crippen MR) is 143 cm³/mol. The number of nitrogens with one attached hydrogen (secondary N) is 2. The van der Waals surface area contributed by atoms with Gasteiger partial charge in [0, 0.05) is 32.1 Å². The van der Waals surface area contributed by atoms with Gasteiger partial charge in [-0.3, -0.25) is 4.79 Å². The van der Waals surface area contributed by atoms with Crippen LogP contribution in [0, 0.1) is 5.92 Å². The fourth-order valence-electron chi connectivity index (χ4n) is 4.19. The van der Waals surface area contributed by atoms with Gasteiger partial charge in [-0.15, -0.1) is 0 Å². The number of amides is 2. The average molecular weight is 548 g/mol. The predicted octanol–water partition coefficient (Wildman–Crippen LogP) is 2.78. The van der Waals surface area contributed by atoms with Crippen LogP contribution in [0.1, 0.15) is 32.8 Å². The highest BCUT2D eigenvalue weighted by Crippen LogP contribution is 2.22. The summed E-state index contributed by atoms with van der Waals surface area (Å²) in [5.41, 5.74) is 1.22. The Morgan fingerprint density at radius 2 is 1.87 bits per heavy atom. The number of sulfonamides is 1. The minimum atomic E-state index is -4.04. The average Bonchev–Trinajstić information content (AvgIpc) is 3.36. The third kappa shape index (κ3) is 8.80. The van der Waals surface area contributed by atoms with Gasteiger partial charge in [-0.25, -0.2) is 13.2 Å². The molecule has 2 amide bonds. The maximum Gasteiger partial charge on any atom is 0.407 e. The van der Waals surface area contributed by atoms with Gasteiger partial charge in [0.25, 0.3) is 0 Å². The van der Waals surface area contributed by atoms with Crippen molar-refractivity contribution in [1.29, 1.82) is 0 Å². The molecule has 11 heteroatoms. The molecule has 10 nitrogen and oxygen atoms in total. The molecule has 3 rings (SSSR count). The number of aliphatic hydroxyl groups is 1. The number of aliphatic hydroxyl groups excluding tert-OH is 1. The zero-order valence-electron chi connectivity index (χ0n) is 22.0. The number of anilines is 1. The van der Waals surface area contributed by atoms with Gasteiger partial charge >= 0.3 is 6.09 Å². The van der Waals surface area contributed by atoms with E-state index in [9.17, 15) is 23.1 Å². The third-order valence-electron chi connectivity index (χ3n) is 5.98. The molecule has 1 unspecified atom stereocenters. The molecule has 0 spiro atoms. The normalized spacial score (nSPS) is 17.3. The van der Waals surface area contributed by atoms with Crippen molar-refractivity contribution in [3.8, 4) is 0 Å². The Balaban J connectivity index is 1.83. The van der Waals surface area contributed by atoms with E-state index in [1.807, 2.05) is 44.2 Å². The molecule has 38 heavy (non-hydrogen) atoms. The van der Waals surface area contributed by atoms with Gasteiger partial charge in [-0.1, -0.05) is 50.2 Å². The molecule has 0 aromatic heterocycles. The van der Waals surface area contributed by atoms with Gasteiger partial charge < -0.3 is 25.2 Å². The van der Waals surface area contributed by atoms with Crippen molar-refractivity contribution in [3.63, 3.8) is 0 Å². The van der Waals surface area contributed by atoms with E-state index in [2.05, 4.69) is 10.6 Å². The second-order valence-corrected chi connectivity index (χ2v) is 11.8. The lowest BCUT2D eigenvalue weighted by Gasteiger charge is -2.31. The molecule has 0 radical (unpaired) electrons. The summed E-state index contributed by atoms with van der Waals surface area (Å²) in [6.45, 7) is 5.82. The van der Waals surface area contributed by atoms with E-state index < -0.39 is 28.3 Å². The third-order valence-corrected chi connectivity index (χ3v) is 7.81. The Morgan fingerprint density at radius 1 is 1.13 bits per heavy atom. The van der Waals surface area contributed by atoms with E-state index in [4.69, 9.17) is 9.47 Å². The van der Waals surface area contributed by atoms with E-state index >= 15 is 0 Å². The zero-order valence-corrected chi connectivity index (χ0v) is 22.8. The van der Waals surface area contributed by atoms with Crippen LogP contribution in [0.15, 0.2) is 59.5 Å². The van der Waals surface area contributed by atoms with E-state index in [1.165, 1.54) is 23.4 Å². The van der Waals surface area contributed by atoms with Gasteiger partial charge in [0.05, 0.1) is 30.3 Å². The molecule has 1 heterocycles. The number of hydrogen-bond donors (Lipinski definition) is 3. The molecule has 0 saturated carbocycles. The summed E-state index contributed by atoms with van der Waals surface area (Å²) in [6.07, 6.45) is -1.43. The van der Waals surface area contributed by atoms with Crippen LogP contribution < -0.4 is 10.6 Å². The minimum absolute atomic E-state index is 0.00943. The molecule has 1 saturated heterocycles. The van der Waals surface area contributed by atoms with Crippen molar-refractivity contribution in [1.82, 2.24) is 9.62 Å². The largest absolute Gasteiger partial charge is 0.444 e. The smallest absolute Gasteiger partial charge is 0.407 e. The topological polar surface area (TPSA) is 134 Å². The van der Waals surface area contributed by atoms with Crippen LogP contribution in [0.25, 0.3) is 0 Å². The van der Waals surface area contributed by atoms with Crippen LogP contribution >= 0.6 is 0 Å². The maximum atomic E-state index is 13.7. The van der Waals surface area contributed by atoms with Crippen molar-refractivity contribution < 1.29 is 32.6 Å². The maximum absolute atomic E-state index is 13.7. The highest BCUT2D eigenvalue weighted by atomic mass is 32.2. The lowest BCUT2D eigenvalue weighted by atomic mass is 10.0. The van der Waals surface area contributed by atoms with Crippen LogP contribution in [-0.4, -0.2) is 74.4 Å². The van der Waals surface area contributed by atoms with Crippen molar-refractivity contribution in [3.05, 3.63) is 60.2 Å². The van der Waals surface area contributed by atoms with Gasteiger partial charge in [-0.05, 0) is 36.1 Å². The van der Waals surface area contributed by atoms with Crippen molar-refractivity contribution >= 4 is 27.7 Å². The summed E-state index contributed by atoms with van der Waals surface area (Å²) in [5.74, 6) is -0.358. The lowest BCUT2D eigenvalue weighted by Crippen LogP contribution is -2.51. The first kappa shape index (κ1) is 29.6. The fourth-order valence-corrected chi connectivity index (χ4v) is 5.86. The lowest BCUT2D eigenvalue weighted by molar-refractivity contribution is -0.114. The highest BCUT2D eigenvalue weighted by molar-refractivity contribution is 7.89. The van der Waals surface area contributed by atoms with Gasteiger partial charge in [0.1, 0.15) is 6.10 Å². The highest BCUT2D eigenvalue weighted by Gasteiger charge is 2.32. The molecular formula is C27H37N3O7S. The number of rotatable bonds is 12. The Labute approximate surface area is 224 Å². The molecule has 0 aliphatic carbocycles. The summed E-state index contributed by atoms with van der Waals surface area (Å²) in [7, 11) is -4.04. The molecule has 0 bridgehead atoms. The van der Waals surface area contributed by atoms with Crippen molar-refractivity contribution in [2.24, 2.45) is 5.92 Å². The molecule has 1 fully saturated rings. The van der Waals surface area contributed by atoms with E-state index in [-0.39, 0.29) is 42.3 Å². The summed E-state index contributed by atoms with van der Waals surface area (Å²) in [5, 5.41) is 16.6. The van der Waals surface area contributed by atoms with Crippen LogP contribution in [0.4, 0.5) is 10.5 Å². The SMILES string of the molecule is CC(=O)Nc1cccc(S(=O)(=O)N(CC(C)C)C[C@H](O)C(Cc2ccccc2)NC(=O)O[C@H]2CCOC2)c1. The zero-order chi connectivity index (χ0) is 27.7. The molecule has 3 N–H and O–H groups in total. The first-order valence-electron chi connectivity index (χ1n) is 12.7. The standard InChI is InChI=1S/C27H37N3O7S/c1-19(2)16-30(38(34,35)24-11-7-10-22(15-24)28-20(3)31)17-26(32)25(14-21-8-5-4-6-9-21)29-27(33)37-23-12-13-36-18-23/h4-11,15,19,23,25-26,32H,12-14,16-18H2,1-3H3,(H,28,31)(H,29,33)/t23-,25?,26-/m0/s1. The van der Waals surface area contributed by atoms with E-state index in [1.54, 1.807) is 12.1 Å². The van der Waals surface area contributed by atoms with Crippen LogP contribution in [0.3, 0.4) is 0 Å². The van der Waals surface area contributed by atoms with Gasteiger partial charge in [0.2, 0.25) is 15.9 Å². The van der Waals surface area contributed by atoms with Crippen LogP contribution in [0.2, 0.25) is 0 Å². The Morgan fingerprint density at radius 3 is 2.50 bits per heavy atom. The van der Waals surface area contributed by atoms with Gasteiger partial charge in [0.15, 0.2) is 0 Å². The summed E-state index contributed by atoms with van der Waals surface area (Å²) in [6, 6.07) is 14.5. The molecule has 1 aliphatic heterocycles. The first-order chi connectivity index (χ1) is 18.0. The molecular weight excluding hydrogens is 510 g/mol. The number of carbonyl (C=O) groups excluding carboxylic acids is 2. The second kappa shape index (κ2) is 13.7. The fraction of sp³-hybridized carbons (Fsp3) is 0.481.